The zero-order valence-electron chi connectivity index (χ0n) is 9.85. The number of nitrogens with one attached hydrogen (secondary N) is 1. The zero-order valence-corrected chi connectivity index (χ0v) is 9.85. The summed E-state index contributed by atoms with van der Waals surface area (Å²) < 4.78 is 0. The van der Waals surface area contributed by atoms with Crippen molar-refractivity contribution in [3.63, 3.8) is 0 Å². The van der Waals surface area contributed by atoms with Crippen molar-refractivity contribution < 1.29 is 15.1 Å². The average molecular weight is 264 g/mol. The first-order chi connectivity index (χ1) is 9.11. The van der Waals surface area contributed by atoms with Crippen LogP contribution in [0.4, 0.5) is 11.5 Å². The second kappa shape index (κ2) is 5.55. The smallest absolute Gasteiger partial charge is 0.270 e. The van der Waals surface area contributed by atoms with Crippen LogP contribution < -0.4 is 5.32 Å². The van der Waals surface area contributed by atoms with Crippen molar-refractivity contribution in [3.05, 3.63) is 34.6 Å². The number of nitro groups is 1. The Labute approximate surface area is 107 Å². The normalized spacial score (nSPS) is 12.3. The number of nitrogens with zero attached hydrogens (tertiary/aromatic N) is 3. The third-order valence-corrected chi connectivity index (χ3v) is 2.55. The first-order valence-electron chi connectivity index (χ1n) is 5.53. The van der Waals surface area contributed by atoms with Crippen molar-refractivity contribution >= 4 is 22.4 Å². The fourth-order valence-corrected chi connectivity index (χ4v) is 1.58. The molecule has 0 spiro atoms. The van der Waals surface area contributed by atoms with Gasteiger partial charge >= 0.3 is 0 Å². The van der Waals surface area contributed by atoms with Crippen LogP contribution in [0.25, 0.3) is 10.9 Å². The number of aliphatic hydroxyl groups excluding tert-OH is 2. The average Bonchev–Trinajstić information content (AvgIpc) is 2.43. The van der Waals surface area contributed by atoms with E-state index in [9.17, 15) is 15.2 Å². The Balaban J connectivity index is 2.37. The summed E-state index contributed by atoms with van der Waals surface area (Å²) in [5.74, 6) is 0.376. The van der Waals surface area contributed by atoms with E-state index in [1.54, 1.807) is 0 Å². The molecule has 1 heterocycles. The van der Waals surface area contributed by atoms with Gasteiger partial charge in [0.25, 0.3) is 5.69 Å². The number of hydrogen-bond acceptors (Lipinski definition) is 7. The molecule has 0 radical (unpaired) electrons. The van der Waals surface area contributed by atoms with E-state index in [4.69, 9.17) is 5.11 Å². The molecular formula is C11H12N4O4. The van der Waals surface area contributed by atoms with E-state index < -0.39 is 11.0 Å². The first kappa shape index (κ1) is 13.1. The second-order valence-electron chi connectivity index (χ2n) is 3.90. The monoisotopic (exact) mass is 264 g/mol. The molecule has 3 N–H and O–H groups in total. The van der Waals surface area contributed by atoms with Crippen LogP contribution in [0.2, 0.25) is 0 Å². The van der Waals surface area contributed by atoms with Gasteiger partial charge in [-0.05, 0) is 6.07 Å². The van der Waals surface area contributed by atoms with Crippen molar-refractivity contribution in [2.24, 2.45) is 0 Å². The minimum absolute atomic E-state index is 0.0620. The van der Waals surface area contributed by atoms with E-state index in [0.29, 0.717) is 16.7 Å². The summed E-state index contributed by atoms with van der Waals surface area (Å²) in [6.07, 6.45) is 0.394. The Kier molecular flexibility index (Phi) is 3.83. The minimum atomic E-state index is -0.927. The van der Waals surface area contributed by atoms with E-state index in [-0.39, 0.29) is 18.8 Å². The molecule has 100 valence electrons. The maximum atomic E-state index is 10.7. The lowest BCUT2D eigenvalue weighted by Gasteiger charge is -2.10. The van der Waals surface area contributed by atoms with Crippen molar-refractivity contribution in [1.29, 1.82) is 0 Å². The highest BCUT2D eigenvalue weighted by atomic mass is 16.6. The highest BCUT2D eigenvalue weighted by Crippen LogP contribution is 2.24. The van der Waals surface area contributed by atoms with E-state index in [1.165, 1.54) is 24.5 Å². The molecule has 0 aliphatic heterocycles. The quantitative estimate of drug-likeness (QED) is 0.524. The predicted molar refractivity (Wildman–Crippen MR) is 67.8 cm³/mol. The van der Waals surface area contributed by atoms with Crippen molar-refractivity contribution in [2.75, 3.05) is 18.5 Å². The van der Waals surface area contributed by atoms with Crippen molar-refractivity contribution in [1.82, 2.24) is 9.97 Å². The summed E-state index contributed by atoms with van der Waals surface area (Å²) in [7, 11) is 0. The van der Waals surface area contributed by atoms with Crippen molar-refractivity contribution in [3.8, 4) is 0 Å². The number of fused-ring (bicyclic) bond motifs is 1. The van der Waals surface area contributed by atoms with Gasteiger partial charge < -0.3 is 15.5 Å². The largest absolute Gasteiger partial charge is 0.394 e. The van der Waals surface area contributed by atoms with E-state index in [0.717, 1.165) is 0 Å². The first-order valence-corrected chi connectivity index (χ1v) is 5.53. The van der Waals surface area contributed by atoms with Gasteiger partial charge in [0, 0.05) is 24.1 Å². The van der Waals surface area contributed by atoms with Crippen LogP contribution in [-0.2, 0) is 0 Å². The van der Waals surface area contributed by atoms with Crippen LogP contribution in [0.1, 0.15) is 0 Å². The number of anilines is 1. The van der Waals surface area contributed by atoms with Crippen LogP contribution in [0.5, 0.6) is 0 Å². The van der Waals surface area contributed by atoms with Crippen molar-refractivity contribution in [2.45, 2.75) is 6.10 Å². The number of benzene rings is 1. The standard InChI is InChI=1S/C11H12N4O4/c16-5-8(17)4-12-11-9-3-7(15(18)19)1-2-10(9)13-6-14-11/h1-3,6,8,16-17H,4-5H2,(H,12,13,14)/t8-/m1/s1. The number of nitro benzene ring substituents is 1. The molecule has 2 rings (SSSR count). The Morgan fingerprint density at radius 1 is 1.42 bits per heavy atom. The van der Waals surface area contributed by atoms with Gasteiger partial charge in [-0.15, -0.1) is 0 Å². The fraction of sp³-hybridized carbons (Fsp3) is 0.273. The molecule has 0 unspecified atom stereocenters. The van der Waals surface area contributed by atoms with Gasteiger partial charge in [-0.1, -0.05) is 0 Å². The summed E-state index contributed by atoms with van der Waals surface area (Å²) in [5, 5.41) is 32.0. The van der Waals surface area contributed by atoms with Gasteiger partial charge in [-0.2, -0.15) is 0 Å². The third kappa shape index (κ3) is 2.92. The number of non-ortho nitro benzene ring substituents is 1. The molecule has 19 heavy (non-hydrogen) atoms. The van der Waals surface area contributed by atoms with Crippen LogP contribution in [0.3, 0.4) is 0 Å². The lowest BCUT2D eigenvalue weighted by Crippen LogP contribution is -2.23. The van der Waals surface area contributed by atoms with Gasteiger partial charge in [-0.25, -0.2) is 9.97 Å². The number of aliphatic hydroxyl groups is 2. The highest BCUT2D eigenvalue weighted by Gasteiger charge is 2.11. The van der Waals surface area contributed by atoms with Gasteiger partial charge in [0.1, 0.15) is 12.1 Å². The second-order valence-corrected chi connectivity index (χ2v) is 3.90. The van der Waals surface area contributed by atoms with E-state index >= 15 is 0 Å². The number of hydrogen-bond donors (Lipinski definition) is 3. The van der Waals surface area contributed by atoms with Gasteiger partial charge in [-0.3, -0.25) is 10.1 Å². The van der Waals surface area contributed by atoms with Gasteiger partial charge in [0.15, 0.2) is 0 Å². The topological polar surface area (TPSA) is 121 Å². The van der Waals surface area contributed by atoms with Gasteiger partial charge in [0.05, 0.1) is 23.2 Å². The Morgan fingerprint density at radius 2 is 2.21 bits per heavy atom. The predicted octanol–water partition coefficient (Wildman–Crippen LogP) is 0.303. The summed E-state index contributed by atoms with van der Waals surface area (Å²) >= 11 is 0. The number of aromatic nitrogens is 2. The Morgan fingerprint density at radius 3 is 2.89 bits per heavy atom. The molecule has 1 aromatic carbocycles. The molecule has 0 aliphatic rings. The van der Waals surface area contributed by atoms with Gasteiger partial charge in [0.2, 0.25) is 0 Å². The molecule has 0 aliphatic carbocycles. The maximum absolute atomic E-state index is 10.7. The molecule has 1 aromatic heterocycles. The molecule has 8 heteroatoms. The lowest BCUT2D eigenvalue weighted by molar-refractivity contribution is -0.384. The molecule has 0 fully saturated rings. The highest BCUT2D eigenvalue weighted by molar-refractivity contribution is 5.90. The van der Waals surface area contributed by atoms with Crippen LogP contribution in [0.15, 0.2) is 24.5 Å². The molecule has 0 amide bonds. The summed E-state index contributed by atoms with van der Waals surface area (Å²) in [5.41, 5.74) is 0.495. The Bertz CT molecular complexity index is 604. The summed E-state index contributed by atoms with van der Waals surface area (Å²) in [6.45, 7) is -0.290. The Hall–Kier alpha value is -2.32. The van der Waals surface area contributed by atoms with Crippen LogP contribution in [0, 0.1) is 10.1 Å². The van der Waals surface area contributed by atoms with E-state index in [1.807, 2.05) is 0 Å². The molecular weight excluding hydrogens is 252 g/mol. The fourth-order valence-electron chi connectivity index (χ4n) is 1.58. The molecule has 1 atom stereocenters. The maximum Gasteiger partial charge on any atom is 0.270 e. The molecule has 0 saturated carbocycles. The van der Waals surface area contributed by atoms with E-state index in [2.05, 4.69) is 15.3 Å². The molecule has 0 bridgehead atoms. The molecule has 2 aromatic rings. The SMILES string of the molecule is O=[N+]([O-])c1ccc2ncnc(NC[C@@H](O)CO)c2c1. The molecule has 8 nitrogen and oxygen atoms in total. The summed E-state index contributed by atoms with van der Waals surface area (Å²) in [4.78, 5) is 18.2. The van der Waals surface area contributed by atoms with Crippen LogP contribution in [-0.4, -0.2) is 44.4 Å². The third-order valence-electron chi connectivity index (χ3n) is 2.55. The summed E-state index contributed by atoms with van der Waals surface area (Å²) in [6, 6.07) is 4.26. The lowest BCUT2D eigenvalue weighted by atomic mass is 10.2. The minimum Gasteiger partial charge on any atom is -0.394 e. The van der Waals surface area contributed by atoms with Crippen LogP contribution >= 0.6 is 0 Å². The number of rotatable bonds is 5. The molecule has 0 saturated heterocycles. The zero-order chi connectivity index (χ0) is 13.8.